The number of methoxy groups -OCH3 is 1. The molecule has 2 aliphatic rings. The lowest BCUT2D eigenvalue weighted by Crippen LogP contribution is -2.42. The maximum Gasteiger partial charge on any atom is 0.393 e. The zero-order valence-electron chi connectivity index (χ0n) is 26.6. The molecular formula is C34H42F4N4O3S. The van der Waals surface area contributed by atoms with Crippen molar-refractivity contribution in [1.29, 1.82) is 0 Å². The number of alkyl halides is 3. The third-order valence-corrected chi connectivity index (χ3v) is 9.53. The minimum absolute atomic E-state index is 0.0796. The van der Waals surface area contributed by atoms with Crippen molar-refractivity contribution in [3.63, 3.8) is 0 Å². The Morgan fingerprint density at radius 1 is 1.07 bits per heavy atom. The van der Waals surface area contributed by atoms with E-state index in [4.69, 9.17) is 14.2 Å². The quantitative estimate of drug-likeness (QED) is 0.134. The zero-order chi connectivity index (χ0) is 32.7. The molecule has 2 aromatic carbocycles. The number of fused-ring (bicyclic) bond motifs is 1. The Morgan fingerprint density at radius 3 is 2.52 bits per heavy atom. The van der Waals surface area contributed by atoms with Crippen LogP contribution in [0.25, 0.3) is 10.1 Å². The van der Waals surface area contributed by atoms with E-state index in [1.54, 1.807) is 25.3 Å². The smallest absolute Gasteiger partial charge is 0.393 e. The van der Waals surface area contributed by atoms with Gasteiger partial charge in [0.25, 0.3) is 0 Å². The Morgan fingerprint density at radius 2 is 1.83 bits per heavy atom. The molecule has 5 rings (SSSR count). The Bertz CT molecular complexity index is 1520. The minimum atomic E-state index is -4.38. The molecular weight excluding hydrogens is 620 g/mol. The van der Waals surface area contributed by atoms with Gasteiger partial charge >= 0.3 is 6.18 Å². The van der Waals surface area contributed by atoms with Crippen LogP contribution in [0.5, 0.6) is 5.75 Å². The first-order valence-corrected chi connectivity index (χ1v) is 16.6. The van der Waals surface area contributed by atoms with Gasteiger partial charge in [-0.3, -0.25) is 0 Å². The van der Waals surface area contributed by atoms with E-state index < -0.39 is 18.4 Å². The van der Waals surface area contributed by atoms with E-state index in [0.29, 0.717) is 66.3 Å². The number of rotatable bonds is 11. The van der Waals surface area contributed by atoms with E-state index in [2.05, 4.69) is 41.2 Å². The predicted molar refractivity (Wildman–Crippen MR) is 177 cm³/mol. The molecule has 0 radical (unpaired) electrons. The average molecular weight is 663 g/mol. The summed E-state index contributed by atoms with van der Waals surface area (Å²) < 4.78 is 73.6. The molecule has 46 heavy (non-hydrogen) atoms. The summed E-state index contributed by atoms with van der Waals surface area (Å²) in [6.07, 6.45) is -3.51. The average Bonchev–Trinajstić information content (AvgIpc) is 3.37. The Hall–Kier alpha value is -3.24. The van der Waals surface area contributed by atoms with Gasteiger partial charge in [-0.2, -0.15) is 13.2 Å². The van der Waals surface area contributed by atoms with Gasteiger partial charge in [-0.1, -0.05) is 24.0 Å². The van der Waals surface area contributed by atoms with Crippen molar-refractivity contribution in [3.05, 3.63) is 46.6 Å². The Balaban J connectivity index is 1.36. The molecule has 1 aromatic heterocycles. The first-order chi connectivity index (χ1) is 22.1. The lowest BCUT2D eigenvalue weighted by atomic mass is 10.0. The van der Waals surface area contributed by atoms with Crippen LogP contribution < -0.4 is 20.3 Å². The second-order valence-corrected chi connectivity index (χ2v) is 12.8. The van der Waals surface area contributed by atoms with Gasteiger partial charge in [0.1, 0.15) is 18.2 Å². The number of hydrogen-bond acceptors (Lipinski definition) is 8. The number of anilines is 3. The number of halogens is 4. The second kappa shape index (κ2) is 15.6. The molecule has 2 fully saturated rings. The number of thiophene rings is 1. The second-order valence-electron chi connectivity index (χ2n) is 11.8. The molecule has 2 N–H and O–H groups in total. The fourth-order valence-corrected chi connectivity index (χ4v) is 7.06. The van der Waals surface area contributed by atoms with Gasteiger partial charge in [0.15, 0.2) is 0 Å². The number of nitrogens with one attached hydrogen (secondary N) is 2. The van der Waals surface area contributed by atoms with Crippen LogP contribution in [0.4, 0.5) is 34.6 Å². The molecule has 0 amide bonds. The third kappa shape index (κ3) is 8.76. The van der Waals surface area contributed by atoms with Gasteiger partial charge < -0.3 is 34.6 Å². The Kier molecular flexibility index (Phi) is 11.5. The summed E-state index contributed by atoms with van der Waals surface area (Å²) >= 11 is 1.28. The lowest BCUT2D eigenvalue weighted by Gasteiger charge is -2.35. The van der Waals surface area contributed by atoms with Crippen molar-refractivity contribution in [2.45, 2.75) is 51.4 Å². The molecule has 0 saturated carbocycles. The first-order valence-electron chi connectivity index (χ1n) is 15.8. The molecule has 7 nitrogen and oxygen atoms in total. The number of benzene rings is 2. The van der Waals surface area contributed by atoms with Crippen molar-refractivity contribution < 1.29 is 31.8 Å². The molecule has 250 valence electrons. The number of nitrogens with zero attached hydrogens (tertiary/aromatic N) is 2. The summed E-state index contributed by atoms with van der Waals surface area (Å²) in [7, 11) is 1.57. The zero-order valence-corrected chi connectivity index (χ0v) is 27.4. The van der Waals surface area contributed by atoms with Gasteiger partial charge in [-0.05, 0) is 43.7 Å². The molecule has 0 aliphatic carbocycles. The maximum absolute atomic E-state index is 15.2. The summed E-state index contributed by atoms with van der Waals surface area (Å²) in [5.41, 5.74) is 1.85. The van der Waals surface area contributed by atoms with E-state index >= 15 is 4.39 Å². The van der Waals surface area contributed by atoms with Gasteiger partial charge in [-0.25, -0.2) is 4.39 Å². The number of likely N-dealkylation sites (tertiary alicyclic amines) is 1. The predicted octanol–water partition coefficient (Wildman–Crippen LogP) is 6.76. The molecule has 0 spiro atoms. The summed E-state index contributed by atoms with van der Waals surface area (Å²) in [5.74, 6) is 5.99. The number of hydrogen-bond donors (Lipinski definition) is 2. The van der Waals surface area contributed by atoms with Crippen LogP contribution >= 0.6 is 11.3 Å². The van der Waals surface area contributed by atoms with Crippen LogP contribution in [0.2, 0.25) is 0 Å². The van der Waals surface area contributed by atoms with E-state index in [-0.39, 0.29) is 24.8 Å². The van der Waals surface area contributed by atoms with Crippen molar-refractivity contribution in [2.24, 2.45) is 0 Å². The normalized spacial score (nSPS) is 16.5. The molecule has 0 bridgehead atoms. The van der Waals surface area contributed by atoms with Crippen molar-refractivity contribution >= 4 is 38.5 Å². The number of piperidine rings is 1. The molecule has 3 aromatic rings. The van der Waals surface area contributed by atoms with E-state index in [0.717, 1.165) is 36.3 Å². The van der Waals surface area contributed by atoms with Gasteiger partial charge in [-0.15, -0.1) is 11.3 Å². The summed E-state index contributed by atoms with van der Waals surface area (Å²) in [6, 6.07) is 9.25. The molecule has 0 atom stereocenters. The highest BCUT2D eigenvalue weighted by Gasteiger charge is 2.31. The largest absolute Gasteiger partial charge is 0.489 e. The number of ether oxygens (including phenoxy) is 3. The monoisotopic (exact) mass is 662 g/mol. The van der Waals surface area contributed by atoms with Crippen LogP contribution in [0, 0.1) is 17.7 Å². The summed E-state index contributed by atoms with van der Waals surface area (Å²) in [5, 5.41) is 7.28. The Labute approximate surface area is 272 Å². The first kappa shape index (κ1) is 34.1. The van der Waals surface area contributed by atoms with E-state index in [1.807, 2.05) is 11.0 Å². The molecule has 12 heteroatoms. The van der Waals surface area contributed by atoms with E-state index in [1.165, 1.54) is 17.4 Å². The topological polar surface area (TPSA) is 58.2 Å². The highest BCUT2D eigenvalue weighted by atomic mass is 32.1. The van der Waals surface area contributed by atoms with Crippen molar-refractivity contribution in [3.8, 4) is 17.6 Å². The highest BCUT2D eigenvalue weighted by molar-refractivity contribution is 7.20. The van der Waals surface area contributed by atoms with Crippen LogP contribution in [0.3, 0.4) is 0 Å². The van der Waals surface area contributed by atoms with Crippen LogP contribution in [0.15, 0.2) is 30.3 Å². The van der Waals surface area contributed by atoms with Crippen LogP contribution in [-0.4, -0.2) is 89.4 Å². The fraction of sp³-hybridized carbons (Fsp3) is 0.529. The van der Waals surface area contributed by atoms with Crippen molar-refractivity contribution in [1.82, 2.24) is 4.90 Å². The molecule has 0 unspecified atom stereocenters. The molecule has 2 saturated heterocycles. The van der Waals surface area contributed by atoms with Crippen molar-refractivity contribution in [2.75, 3.05) is 81.8 Å². The lowest BCUT2D eigenvalue weighted by molar-refractivity contribution is -0.126. The summed E-state index contributed by atoms with van der Waals surface area (Å²) in [4.78, 5) is 4.73. The fourth-order valence-electron chi connectivity index (χ4n) is 5.89. The van der Waals surface area contributed by atoms with E-state index in [9.17, 15) is 13.2 Å². The van der Waals surface area contributed by atoms with Gasteiger partial charge in [0.2, 0.25) is 0 Å². The van der Waals surface area contributed by atoms with Gasteiger partial charge in [0, 0.05) is 57.5 Å². The SMILES string of the molecule is COCCOc1cc(N2CCOCC2)c(F)cc1NCC#Cc1sc2c(NC3CCN(C(C)C)CC3)cccc2c1CC(F)(F)F. The highest BCUT2D eigenvalue weighted by Crippen LogP contribution is 2.40. The standard InChI is InChI=1S/C34H42F4N4O3S/c1-23(2)41-12-9-24(10-13-41)40-28-7-4-6-25-26(22-34(36,37)38)32(46-33(25)28)8-5-11-39-29-20-27(35)30(42-14-16-44-17-15-42)21-31(29)45-19-18-43-3/h4,6-7,20-21,23-24,39-40H,9-19,22H2,1-3H3. The van der Waals surface area contributed by atoms with Crippen LogP contribution in [-0.2, 0) is 15.9 Å². The molecule has 2 aliphatic heterocycles. The number of morpholine rings is 1. The molecule has 3 heterocycles. The maximum atomic E-state index is 15.2. The minimum Gasteiger partial charge on any atom is -0.489 e. The van der Waals surface area contributed by atoms with Crippen LogP contribution in [0.1, 0.15) is 37.1 Å². The third-order valence-electron chi connectivity index (χ3n) is 8.33. The van der Waals surface area contributed by atoms with Gasteiger partial charge in [0.05, 0.1) is 59.4 Å². The summed E-state index contributed by atoms with van der Waals surface area (Å²) in [6.45, 7) is 9.20.